The number of hydrogen-bond acceptors (Lipinski definition) is 2. The van der Waals surface area contributed by atoms with E-state index in [9.17, 15) is 0 Å². The third kappa shape index (κ3) is 5.27. The number of hydrogen-bond donors (Lipinski definition) is 0. The van der Waals surface area contributed by atoms with Crippen molar-refractivity contribution in [2.24, 2.45) is 0 Å². The molecule has 193 valence electrons. The second-order valence-corrected chi connectivity index (χ2v) is 10.5. The van der Waals surface area contributed by atoms with Crippen LogP contribution in [0.15, 0.2) is 85.2 Å². The molecule has 5 aromatic rings. The minimum absolute atomic E-state index is 0. The zero-order valence-electron chi connectivity index (χ0n) is 22.8. The quantitative estimate of drug-likeness (QED) is 0.176. The molecular weight excluding hydrogens is 641 g/mol. The Morgan fingerprint density at radius 2 is 1.42 bits per heavy atom. The molecule has 1 aliphatic rings. The van der Waals surface area contributed by atoms with Crippen LogP contribution in [0.3, 0.4) is 0 Å². The van der Waals surface area contributed by atoms with Crippen LogP contribution in [0.25, 0.3) is 33.6 Å². The van der Waals surface area contributed by atoms with Crippen molar-refractivity contribution < 1.29 is 20.1 Å². The molecule has 3 heteroatoms. The van der Waals surface area contributed by atoms with Crippen LogP contribution < -0.4 is 0 Å². The fraction of sp³-hybridized carbons (Fsp3) is 0.200. The summed E-state index contributed by atoms with van der Waals surface area (Å²) in [7, 11) is 0. The number of rotatable bonds is 2. The predicted octanol–water partition coefficient (Wildman–Crippen LogP) is 8.64. The van der Waals surface area contributed by atoms with Gasteiger partial charge in [0.25, 0.3) is 0 Å². The fourth-order valence-corrected chi connectivity index (χ4v) is 5.14. The third-order valence-electron chi connectivity index (χ3n) is 7.29. The molecule has 0 bridgehead atoms. The normalized spacial score (nSPS) is 12.5. The summed E-state index contributed by atoms with van der Waals surface area (Å²) in [4.78, 5) is 9.00. The molecule has 0 unspecified atom stereocenters. The number of fused-ring (bicyclic) bond motifs is 3. The molecule has 2 aromatic heterocycles. The molecular formula is C35H32IrN2-2. The molecule has 1 aliphatic carbocycles. The van der Waals surface area contributed by atoms with Crippen LogP contribution in [0.4, 0.5) is 0 Å². The maximum Gasteiger partial charge on any atom is 0.0192 e. The first-order chi connectivity index (χ1) is 17.8. The molecule has 0 saturated heterocycles. The number of nitrogens with zero attached hydrogens (tertiary/aromatic N) is 2. The molecule has 0 saturated carbocycles. The van der Waals surface area contributed by atoms with Crippen LogP contribution in [-0.4, -0.2) is 9.97 Å². The number of pyridine rings is 2. The van der Waals surface area contributed by atoms with E-state index in [0.717, 1.165) is 22.5 Å². The second-order valence-electron chi connectivity index (χ2n) is 10.5. The van der Waals surface area contributed by atoms with Gasteiger partial charge in [-0.05, 0) is 60.3 Å². The Hall–Kier alpha value is -3.39. The average molecular weight is 673 g/mol. The van der Waals surface area contributed by atoms with Gasteiger partial charge in [0.05, 0.1) is 0 Å². The summed E-state index contributed by atoms with van der Waals surface area (Å²) in [6.07, 6.45) is 3.80. The Morgan fingerprint density at radius 1 is 0.684 bits per heavy atom. The molecule has 3 aromatic carbocycles. The van der Waals surface area contributed by atoms with Gasteiger partial charge in [-0.1, -0.05) is 73.9 Å². The standard InChI is InChI=1S/C22H20N.C13H12N.Ir/c1-14-12-20(23-13-15(14)2)18-10-7-9-17-16-8-5-6-11-19(16)22(3,4)21(17)18;1-10-4-3-5-12(8-10)13-9-11(2)6-7-14-13;/h5-9,11-13H,1-4H3;3-4,6-9H,1-2H3;/q2*-1;. The number of aromatic nitrogens is 2. The maximum absolute atomic E-state index is 4.68. The number of benzene rings is 3. The fourth-order valence-electron chi connectivity index (χ4n) is 5.14. The van der Waals surface area contributed by atoms with E-state index in [1.807, 2.05) is 36.7 Å². The predicted molar refractivity (Wildman–Crippen MR) is 154 cm³/mol. The van der Waals surface area contributed by atoms with Gasteiger partial charge < -0.3 is 9.97 Å². The van der Waals surface area contributed by atoms with Gasteiger partial charge in [0.2, 0.25) is 0 Å². The van der Waals surface area contributed by atoms with Crippen molar-refractivity contribution in [3.8, 4) is 33.6 Å². The van der Waals surface area contributed by atoms with Crippen molar-refractivity contribution in [1.82, 2.24) is 9.97 Å². The Kier molecular flexibility index (Phi) is 8.11. The first-order valence-corrected chi connectivity index (χ1v) is 12.8. The van der Waals surface area contributed by atoms with Crippen molar-refractivity contribution in [1.29, 1.82) is 0 Å². The van der Waals surface area contributed by atoms with Crippen molar-refractivity contribution in [2.45, 2.75) is 47.0 Å². The molecule has 0 spiro atoms. The van der Waals surface area contributed by atoms with E-state index in [0.29, 0.717) is 0 Å². The van der Waals surface area contributed by atoms with Crippen LogP contribution in [0.5, 0.6) is 0 Å². The monoisotopic (exact) mass is 673 g/mol. The molecule has 0 atom stereocenters. The zero-order valence-corrected chi connectivity index (χ0v) is 25.2. The summed E-state index contributed by atoms with van der Waals surface area (Å²) in [5.74, 6) is 0. The van der Waals surface area contributed by atoms with E-state index in [-0.39, 0.29) is 25.5 Å². The topological polar surface area (TPSA) is 25.8 Å². The van der Waals surface area contributed by atoms with E-state index in [2.05, 4.69) is 112 Å². The van der Waals surface area contributed by atoms with Gasteiger partial charge in [-0.2, -0.15) is 0 Å². The molecule has 2 heterocycles. The molecule has 0 aliphatic heterocycles. The molecule has 2 nitrogen and oxygen atoms in total. The van der Waals surface area contributed by atoms with Gasteiger partial charge in [0.15, 0.2) is 0 Å². The molecule has 0 amide bonds. The zero-order chi connectivity index (χ0) is 26.2. The summed E-state index contributed by atoms with van der Waals surface area (Å²) in [5.41, 5.74) is 14.5. The molecule has 0 N–H and O–H groups in total. The van der Waals surface area contributed by atoms with Gasteiger partial charge in [0, 0.05) is 32.5 Å². The van der Waals surface area contributed by atoms with Gasteiger partial charge in [-0.25, -0.2) is 0 Å². The van der Waals surface area contributed by atoms with Crippen molar-refractivity contribution >= 4 is 0 Å². The second kappa shape index (κ2) is 11.2. The average Bonchev–Trinajstić information content (AvgIpc) is 3.13. The maximum atomic E-state index is 4.68. The molecule has 1 radical (unpaired) electrons. The molecule has 38 heavy (non-hydrogen) atoms. The van der Waals surface area contributed by atoms with Crippen LogP contribution in [-0.2, 0) is 25.5 Å². The van der Waals surface area contributed by atoms with Crippen molar-refractivity contribution in [3.63, 3.8) is 0 Å². The van der Waals surface area contributed by atoms with Crippen LogP contribution >= 0.6 is 0 Å². The van der Waals surface area contributed by atoms with E-state index in [4.69, 9.17) is 0 Å². The summed E-state index contributed by atoms with van der Waals surface area (Å²) in [5, 5.41) is 0. The van der Waals surface area contributed by atoms with Crippen molar-refractivity contribution in [2.75, 3.05) is 0 Å². The Morgan fingerprint density at radius 3 is 2.16 bits per heavy atom. The minimum Gasteiger partial charge on any atom is -0.305 e. The molecule has 0 fully saturated rings. The summed E-state index contributed by atoms with van der Waals surface area (Å²) in [6.45, 7) is 13.0. The Labute approximate surface area is 240 Å². The Bertz CT molecular complexity index is 1560. The first kappa shape index (κ1) is 27.6. The summed E-state index contributed by atoms with van der Waals surface area (Å²) >= 11 is 0. The van der Waals surface area contributed by atoms with Gasteiger partial charge in [0.1, 0.15) is 0 Å². The van der Waals surface area contributed by atoms with E-state index in [1.54, 1.807) is 0 Å². The summed E-state index contributed by atoms with van der Waals surface area (Å²) < 4.78 is 0. The SMILES string of the molecule is Cc1cc[c-]c(-c2cc(C)ccn2)c1.Cc1cnc(-c2[c-]ccc3c2C(C)(C)c2ccccc2-3)cc1C.[Ir]. The van der Waals surface area contributed by atoms with Gasteiger partial charge in [-0.3, -0.25) is 0 Å². The first-order valence-electron chi connectivity index (χ1n) is 12.8. The summed E-state index contributed by atoms with van der Waals surface area (Å²) in [6, 6.07) is 31.9. The molecule has 6 rings (SSSR count). The van der Waals surface area contributed by atoms with E-state index in [1.165, 1.54) is 44.5 Å². The number of aryl methyl sites for hydroxylation is 4. The largest absolute Gasteiger partial charge is 0.305 e. The smallest absolute Gasteiger partial charge is 0.0192 e. The minimum atomic E-state index is -0.0283. The Balaban J connectivity index is 0.000000193. The third-order valence-corrected chi connectivity index (χ3v) is 7.29. The van der Waals surface area contributed by atoms with Crippen LogP contribution in [0.2, 0.25) is 0 Å². The van der Waals surface area contributed by atoms with Crippen LogP contribution in [0, 0.1) is 39.8 Å². The van der Waals surface area contributed by atoms with Crippen LogP contribution in [0.1, 0.15) is 47.2 Å². The van der Waals surface area contributed by atoms with E-state index >= 15 is 0 Å². The van der Waals surface area contributed by atoms with Gasteiger partial charge in [-0.15, -0.1) is 64.7 Å². The van der Waals surface area contributed by atoms with Crippen molar-refractivity contribution in [3.05, 3.63) is 131 Å². The van der Waals surface area contributed by atoms with Gasteiger partial charge >= 0.3 is 0 Å². The van der Waals surface area contributed by atoms with E-state index < -0.39 is 0 Å².